The number of hydrogen-bond donors (Lipinski definition) is 0. The number of ketones is 1. The number of hydrogen-bond acceptors (Lipinski definition) is 4. The third-order valence-electron chi connectivity index (χ3n) is 2.61. The van der Waals surface area contributed by atoms with Crippen LogP contribution in [-0.2, 0) is 19.1 Å². The molecule has 0 radical (unpaired) electrons. The van der Waals surface area contributed by atoms with Crippen molar-refractivity contribution in [1.29, 1.82) is 0 Å². The predicted molar refractivity (Wildman–Crippen MR) is 81.4 cm³/mol. The van der Waals surface area contributed by atoms with Gasteiger partial charge in [0.25, 0.3) is 0 Å². The lowest BCUT2D eigenvalue weighted by molar-refractivity contribution is -0.137. The molecule has 0 heterocycles. The Labute approximate surface area is 125 Å². The molecule has 0 aliphatic carbocycles. The highest BCUT2D eigenvalue weighted by atomic mass is 16.5. The summed E-state index contributed by atoms with van der Waals surface area (Å²) in [6.45, 7) is 5.70. The third kappa shape index (κ3) is 5.65. The first kappa shape index (κ1) is 16.7. The fraction of sp³-hybridized carbons (Fsp3) is 0.294. The summed E-state index contributed by atoms with van der Waals surface area (Å²) in [5.74, 6) is -0.283. The Bertz CT molecular complexity index is 541. The highest BCUT2D eigenvalue weighted by Gasteiger charge is 2.09. The number of allylic oxidation sites excluding steroid dienone is 2. The van der Waals surface area contributed by atoms with Crippen LogP contribution in [0.4, 0.5) is 0 Å². The van der Waals surface area contributed by atoms with E-state index in [1.54, 1.807) is 13.0 Å². The Morgan fingerprint density at radius 2 is 1.62 bits per heavy atom. The third-order valence-corrected chi connectivity index (χ3v) is 2.61. The molecule has 0 N–H and O–H groups in total. The molecule has 1 aromatic rings. The van der Waals surface area contributed by atoms with E-state index in [-0.39, 0.29) is 12.4 Å². The average Bonchev–Trinajstić information content (AvgIpc) is 2.45. The van der Waals surface area contributed by atoms with Crippen LogP contribution in [0.3, 0.4) is 0 Å². The first-order valence-corrected chi connectivity index (χ1v) is 6.87. The summed E-state index contributed by atoms with van der Waals surface area (Å²) in [7, 11) is 0. The van der Waals surface area contributed by atoms with Gasteiger partial charge < -0.3 is 9.47 Å². The van der Waals surface area contributed by atoms with Gasteiger partial charge in [-0.2, -0.15) is 0 Å². The maximum Gasteiger partial charge on any atom is 0.334 e. The molecule has 0 saturated heterocycles. The SMILES string of the molecule is CCOC(=O)/C=C(\C=C(\C(C)=O)c1ccccc1)OCC. The zero-order chi connectivity index (χ0) is 15.7. The summed E-state index contributed by atoms with van der Waals surface area (Å²) >= 11 is 0. The van der Waals surface area contributed by atoms with Crippen molar-refractivity contribution in [1.82, 2.24) is 0 Å². The van der Waals surface area contributed by atoms with E-state index in [0.29, 0.717) is 17.9 Å². The second kappa shape index (κ2) is 8.74. The Balaban J connectivity index is 3.16. The number of Topliss-reactive ketones (excluding diaryl/α,β-unsaturated/α-hetero) is 1. The minimum atomic E-state index is -0.492. The van der Waals surface area contributed by atoms with Gasteiger partial charge in [-0.15, -0.1) is 0 Å². The Kier molecular flexibility index (Phi) is 6.95. The van der Waals surface area contributed by atoms with E-state index in [0.717, 1.165) is 5.56 Å². The van der Waals surface area contributed by atoms with E-state index in [1.807, 2.05) is 37.3 Å². The summed E-state index contributed by atoms with van der Waals surface area (Å²) in [5, 5.41) is 0. The first-order valence-electron chi connectivity index (χ1n) is 6.87. The topological polar surface area (TPSA) is 52.6 Å². The van der Waals surface area contributed by atoms with Crippen LogP contribution in [0.15, 0.2) is 48.2 Å². The van der Waals surface area contributed by atoms with Gasteiger partial charge in [0.05, 0.1) is 19.3 Å². The van der Waals surface area contributed by atoms with E-state index in [1.165, 1.54) is 13.0 Å². The molecule has 0 unspecified atom stereocenters. The molecule has 4 heteroatoms. The van der Waals surface area contributed by atoms with Gasteiger partial charge in [-0.3, -0.25) is 4.79 Å². The van der Waals surface area contributed by atoms with Crippen molar-refractivity contribution in [2.24, 2.45) is 0 Å². The molecule has 0 spiro atoms. The molecular formula is C17H20O4. The number of rotatable bonds is 7. The van der Waals surface area contributed by atoms with Gasteiger partial charge in [0.1, 0.15) is 5.76 Å². The monoisotopic (exact) mass is 288 g/mol. The van der Waals surface area contributed by atoms with Crippen molar-refractivity contribution in [3.05, 3.63) is 53.8 Å². The van der Waals surface area contributed by atoms with E-state index >= 15 is 0 Å². The van der Waals surface area contributed by atoms with Gasteiger partial charge in [-0.05, 0) is 32.4 Å². The van der Waals surface area contributed by atoms with Crippen LogP contribution in [0.5, 0.6) is 0 Å². The van der Waals surface area contributed by atoms with Crippen molar-refractivity contribution in [3.8, 4) is 0 Å². The number of benzene rings is 1. The maximum atomic E-state index is 11.8. The number of carbonyl (C=O) groups is 2. The first-order chi connectivity index (χ1) is 10.1. The summed E-state index contributed by atoms with van der Waals surface area (Å²) in [4.78, 5) is 23.4. The van der Waals surface area contributed by atoms with Crippen LogP contribution in [0.1, 0.15) is 26.3 Å². The number of ether oxygens (including phenoxy) is 2. The maximum absolute atomic E-state index is 11.8. The van der Waals surface area contributed by atoms with Crippen LogP contribution in [-0.4, -0.2) is 25.0 Å². The lowest BCUT2D eigenvalue weighted by Gasteiger charge is -2.08. The van der Waals surface area contributed by atoms with E-state index in [4.69, 9.17) is 9.47 Å². The average molecular weight is 288 g/mol. The lowest BCUT2D eigenvalue weighted by atomic mass is 10.0. The van der Waals surface area contributed by atoms with Crippen LogP contribution < -0.4 is 0 Å². The Morgan fingerprint density at radius 3 is 2.14 bits per heavy atom. The van der Waals surface area contributed by atoms with Crippen LogP contribution in [0.25, 0.3) is 5.57 Å². The summed E-state index contributed by atoms with van der Waals surface area (Å²) in [6, 6.07) is 9.24. The second-order valence-electron chi connectivity index (χ2n) is 4.21. The van der Waals surface area contributed by atoms with E-state index < -0.39 is 5.97 Å². The van der Waals surface area contributed by atoms with Crippen LogP contribution >= 0.6 is 0 Å². The minimum Gasteiger partial charge on any atom is -0.494 e. The highest BCUT2D eigenvalue weighted by Crippen LogP contribution is 2.18. The normalized spacial score (nSPS) is 12.0. The molecule has 0 aromatic heterocycles. The highest BCUT2D eigenvalue weighted by molar-refractivity contribution is 6.20. The Morgan fingerprint density at radius 1 is 1.00 bits per heavy atom. The zero-order valence-corrected chi connectivity index (χ0v) is 12.6. The predicted octanol–water partition coefficient (Wildman–Crippen LogP) is 3.14. The number of carbonyl (C=O) groups excluding carboxylic acids is 2. The zero-order valence-electron chi connectivity index (χ0n) is 12.6. The van der Waals surface area contributed by atoms with Crippen molar-refractivity contribution < 1.29 is 19.1 Å². The van der Waals surface area contributed by atoms with Gasteiger partial charge in [-0.25, -0.2) is 4.79 Å². The van der Waals surface area contributed by atoms with Crippen molar-refractivity contribution in [2.75, 3.05) is 13.2 Å². The van der Waals surface area contributed by atoms with Gasteiger partial charge in [0.15, 0.2) is 5.78 Å². The fourth-order valence-electron chi connectivity index (χ4n) is 1.74. The van der Waals surface area contributed by atoms with Crippen LogP contribution in [0, 0.1) is 0 Å². The molecule has 1 rings (SSSR count). The van der Waals surface area contributed by atoms with E-state index in [9.17, 15) is 9.59 Å². The molecule has 0 amide bonds. The second-order valence-corrected chi connectivity index (χ2v) is 4.21. The molecule has 0 fully saturated rings. The molecule has 21 heavy (non-hydrogen) atoms. The van der Waals surface area contributed by atoms with Gasteiger partial charge in [-0.1, -0.05) is 30.3 Å². The van der Waals surface area contributed by atoms with Crippen molar-refractivity contribution in [3.63, 3.8) is 0 Å². The van der Waals surface area contributed by atoms with Gasteiger partial charge >= 0.3 is 5.97 Å². The van der Waals surface area contributed by atoms with Gasteiger partial charge in [0.2, 0.25) is 0 Å². The molecule has 0 aliphatic heterocycles. The minimum absolute atomic E-state index is 0.101. The molecule has 4 nitrogen and oxygen atoms in total. The fourth-order valence-corrected chi connectivity index (χ4v) is 1.74. The lowest BCUT2D eigenvalue weighted by Crippen LogP contribution is -2.04. The molecule has 1 aromatic carbocycles. The molecule has 0 aliphatic rings. The quantitative estimate of drug-likeness (QED) is 0.335. The molecule has 0 atom stereocenters. The number of esters is 1. The molecule has 0 saturated carbocycles. The molecule has 0 bridgehead atoms. The summed E-state index contributed by atoms with van der Waals surface area (Å²) in [6.07, 6.45) is 2.82. The summed E-state index contributed by atoms with van der Waals surface area (Å²) in [5.41, 5.74) is 1.26. The largest absolute Gasteiger partial charge is 0.494 e. The van der Waals surface area contributed by atoms with Crippen LogP contribution in [0.2, 0.25) is 0 Å². The Hall–Kier alpha value is -2.36. The smallest absolute Gasteiger partial charge is 0.334 e. The standard InChI is InChI=1S/C17H20O4/c1-4-20-15(12-17(19)21-5-2)11-16(13(3)18)14-9-7-6-8-10-14/h6-12H,4-5H2,1-3H3/b15-12+,16-11-. The van der Waals surface area contributed by atoms with E-state index in [2.05, 4.69) is 0 Å². The summed E-state index contributed by atoms with van der Waals surface area (Å²) < 4.78 is 10.2. The molecule has 112 valence electrons. The van der Waals surface area contributed by atoms with Crippen molar-refractivity contribution >= 4 is 17.3 Å². The van der Waals surface area contributed by atoms with Crippen molar-refractivity contribution in [2.45, 2.75) is 20.8 Å². The van der Waals surface area contributed by atoms with Gasteiger partial charge in [0, 0.05) is 5.57 Å². The molecular weight excluding hydrogens is 268 g/mol.